The average molecular weight is 338 g/mol. The Labute approximate surface area is 136 Å². The van der Waals surface area contributed by atoms with Crippen LogP contribution in [0.3, 0.4) is 0 Å². The van der Waals surface area contributed by atoms with Crippen LogP contribution in [0.25, 0.3) is 0 Å². The number of benzene rings is 1. The monoisotopic (exact) mass is 337 g/mol. The number of methoxy groups -OCH3 is 1. The molecule has 2 saturated heterocycles. The van der Waals surface area contributed by atoms with Crippen molar-refractivity contribution in [2.24, 2.45) is 11.8 Å². The summed E-state index contributed by atoms with van der Waals surface area (Å²) in [5.74, 6) is -2.65. The van der Waals surface area contributed by atoms with Gasteiger partial charge < -0.3 is 14.4 Å². The first-order valence-corrected chi connectivity index (χ1v) is 7.56. The van der Waals surface area contributed by atoms with Crippen molar-refractivity contribution in [3.8, 4) is 0 Å². The molecule has 0 unspecified atom stereocenters. The zero-order valence-corrected chi connectivity index (χ0v) is 12.9. The average Bonchev–Trinajstić information content (AvgIpc) is 3.18. The van der Waals surface area contributed by atoms with Crippen molar-refractivity contribution in [3.05, 3.63) is 41.2 Å². The molecule has 1 aromatic carbocycles. The zero-order valence-electron chi connectivity index (χ0n) is 12.2. The lowest BCUT2D eigenvalue weighted by Gasteiger charge is -2.22. The molecule has 0 aliphatic carbocycles. The number of ether oxygens (including phenoxy) is 2. The van der Waals surface area contributed by atoms with E-state index < -0.39 is 35.3 Å². The van der Waals surface area contributed by atoms with Gasteiger partial charge in [-0.05, 0) is 18.2 Å². The molecule has 1 aromatic rings. The highest BCUT2D eigenvalue weighted by molar-refractivity contribution is 6.30. The molecule has 1 spiro atoms. The van der Waals surface area contributed by atoms with Gasteiger partial charge >= 0.3 is 5.97 Å². The standard InChI is InChI=1S/C16H13ClFNO4/c1-22-15(21)12-11-4-5-16(23-11)7-19(14(20)13(12)16)8-2-3-9(17)10(18)6-8/h2-6,11-13H,7H2,1H3/t11-,12-,13-,16+/m0/s1. The van der Waals surface area contributed by atoms with Gasteiger partial charge in [0.1, 0.15) is 17.3 Å². The lowest BCUT2D eigenvalue weighted by atomic mass is 9.77. The van der Waals surface area contributed by atoms with Crippen LogP contribution in [0.1, 0.15) is 0 Å². The number of amides is 1. The second kappa shape index (κ2) is 4.79. The molecule has 23 heavy (non-hydrogen) atoms. The number of halogens is 2. The van der Waals surface area contributed by atoms with Gasteiger partial charge in [0.2, 0.25) is 5.91 Å². The molecule has 120 valence electrons. The summed E-state index contributed by atoms with van der Waals surface area (Å²) >= 11 is 5.69. The topological polar surface area (TPSA) is 55.8 Å². The molecule has 0 saturated carbocycles. The molecule has 4 rings (SSSR count). The third-order valence-corrected chi connectivity index (χ3v) is 5.10. The minimum Gasteiger partial charge on any atom is -0.469 e. The highest BCUT2D eigenvalue weighted by atomic mass is 35.5. The second-order valence-electron chi connectivity index (χ2n) is 5.95. The number of rotatable bonds is 2. The first-order chi connectivity index (χ1) is 11.0. The number of nitrogens with zero attached hydrogens (tertiary/aromatic N) is 1. The van der Waals surface area contributed by atoms with Crippen molar-refractivity contribution in [2.45, 2.75) is 11.7 Å². The summed E-state index contributed by atoms with van der Waals surface area (Å²) in [5, 5.41) is -0.0109. The molecule has 0 N–H and O–H groups in total. The van der Waals surface area contributed by atoms with Crippen molar-refractivity contribution in [3.63, 3.8) is 0 Å². The van der Waals surface area contributed by atoms with Crippen molar-refractivity contribution >= 4 is 29.2 Å². The highest BCUT2D eigenvalue weighted by Gasteiger charge is 2.67. The molecule has 3 aliphatic rings. The van der Waals surface area contributed by atoms with Gasteiger partial charge in [-0.3, -0.25) is 9.59 Å². The maximum Gasteiger partial charge on any atom is 0.312 e. The fraction of sp³-hybridized carbons (Fsp3) is 0.375. The lowest BCUT2D eigenvalue weighted by molar-refractivity contribution is -0.149. The van der Waals surface area contributed by atoms with Crippen LogP contribution >= 0.6 is 11.6 Å². The minimum absolute atomic E-state index is 0.0109. The predicted octanol–water partition coefficient (Wildman–Crippen LogP) is 1.94. The van der Waals surface area contributed by atoms with Gasteiger partial charge in [0.05, 0.1) is 30.7 Å². The summed E-state index contributed by atoms with van der Waals surface area (Å²) in [6.45, 7) is 0.234. The summed E-state index contributed by atoms with van der Waals surface area (Å²) in [6.07, 6.45) is 3.17. The highest BCUT2D eigenvalue weighted by Crippen LogP contribution is 2.52. The first kappa shape index (κ1) is 14.7. The van der Waals surface area contributed by atoms with Crippen LogP contribution in [0.2, 0.25) is 5.02 Å². The van der Waals surface area contributed by atoms with E-state index in [2.05, 4.69) is 0 Å². The Balaban J connectivity index is 1.73. The van der Waals surface area contributed by atoms with Gasteiger partial charge in [-0.25, -0.2) is 4.39 Å². The lowest BCUT2D eigenvalue weighted by Crippen LogP contribution is -2.39. The van der Waals surface area contributed by atoms with E-state index in [1.807, 2.05) is 6.08 Å². The SMILES string of the molecule is COC(=O)[C@H]1[C@@H]2C=C[C@]3(CN(c4ccc(Cl)c(F)c4)C(=O)[C@H]13)O2. The molecular formula is C16H13ClFNO4. The number of carbonyl (C=O) groups is 2. The molecule has 1 amide bonds. The fourth-order valence-electron chi connectivity index (χ4n) is 3.77. The fourth-order valence-corrected chi connectivity index (χ4v) is 3.89. The summed E-state index contributed by atoms with van der Waals surface area (Å²) < 4.78 is 24.4. The van der Waals surface area contributed by atoms with Crippen LogP contribution in [0.4, 0.5) is 10.1 Å². The Bertz CT molecular complexity index is 752. The maximum atomic E-state index is 13.7. The third-order valence-electron chi connectivity index (χ3n) is 4.79. The molecule has 0 radical (unpaired) electrons. The van der Waals surface area contributed by atoms with Crippen LogP contribution in [0.5, 0.6) is 0 Å². The number of fused-ring (bicyclic) bond motifs is 1. The Morgan fingerprint density at radius 1 is 1.52 bits per heavy atom. The first-order valence-electron chi connectivity index (χ1n) is 7.18. The quantitative estimate of drug-likeness (QED) is 0.611. The van der Waals surface area contributed by atoms with Crippen molar-refractivity contribution in [1.82, 2.24) is 0 Å². The molecule has 7 heteroatoms. The van der Waals surface area contributed by atoms with E-state index >= 15 is 0 Å². The molecule has 2 fully saturated rings. The smallest absolute Gasteiger partial charge is 0.312 e. The van der Waals surface area contributed by atoms with Gasteiger partial charge in [0.15, 0.2) is 0 Å². The Morgan fingerprint density at radius 3 is 3.00 bits per heavy atom. The van der Waals surface area contributed by atoms with Gasteiger partial charge in [-0.15, -0.1) is 0 Å². The van der Waals surface area contributed by atoms with E-state index in [1.54, 1.807) is 12.1 Å². The molecule has 3 heterocycles. The molecule has 5 nitrogen and oxygen atoms in total. The predicted molar refractivity (Wildman–Crippen MR) is 79.5 cm³/mol. The second-order valence-corrected chi connectivity index (χ2v) is 6.35. The van der Waals surface area contributed by atoms with Gasteiger partial charge in [-0.2, -0.15) is 0 Å². The van der Waals surface area contributed by atoms with E-state index in [0.717, 1.165) is 0 Å². The van der Waals surface area contributed by atoms with E-state index in [1.165, 1.54) is 24.1 Å². The van der Waals surface area contributed by atoms with Gasteiger partial charge in [0.25, 0.3) is 0 Å². The minimum atomic E-state index is -0.850. The molecular weight excluding hydrogens is 325 g/mol. The number of hydrogen-bond donors (Lipinski definition) is 0. The van der Waals surface area contributed by atoms with Crippen LogP contribution in [0.15, 0.2) is 30.4 Å². The maximum absolute atomic E-state index is 13.7. The number of carbonyl (C=O) groups excluding carboxylic acids is 2. The summed E-state index contributed by atoms with van der Waals surface area (Å²) in [7, 11) is 1.29. The Hall–Kier alpha value is -1.92. The normalized spacial score (nSPS) is 34.1. The van der Waals surface area contributed by atoms with E-state index in [0.29, 0.717) is 5.69 Å². The van der Waals surface area contributed by atoms with Gasteiger partial charge in [0, 0.05) is 5.69 Å². The summed E-state index contributed by atoms with van der Waals surface area (Å²) in [5.41, 5.74) is -0.457. The summed E-state index contributed by atoms with van der Waals surface area (Å²) in [4.78, 5) is 26.3. The Kier molecular flexibility index (Phi) is 3.05. The van der Waals surface area contributed by atoms with Crippen molar-refractivity contribution in [2.75, 3.05) is 18.6 Å². The number of anilines is 1. The van der Waals surface area contributed by atoms with Crippen LogP contribution in [-0.2, 0) is 19.1 Å². The van der Waals surface area contributed by atoms with Crippen LogP contribution < -0.4 is 4.90 Å². The number of hydrogen-bond acceptors (Lipinski definition) is 4. The van der Waals surface area contributed by atoms with Crippen molar-refractivity contribution < 1.29 is 23.5 Å². The van der Waals surface area contributed by atoms with Crippen molar-refractivity contribution in [1.29, 1.82) is 0 Å². The Morgan fingerprint density at radius 2 is 2.30 bits per heavy atom. The molecule has 0 aromatic heterocycles. The van der Waals surface area contributed by atoms with E-state index in [-0.39, 0.29) is 17.5 Å². The summed E-state index contributed by atoms with van der Waals surface area (Å²) in [6, 6.07) is 4.18. The van der Waals surface area contributed by atoms with E-state index in [9.17, 15) is 14.0 Å². The van der Waals surface area contributed by atoms with E-state index in [4.69, 9.17) is 21.1 Å². The van der Waals surface area contributed by atoms with Crippen LogP contribution in [-0.4, -0.2) is 37.2 Å². The molecule has 3 aliphatic heterocycles. The number of esters is 1. The molecule has 2 bridgehead atoms. The van der Waals surface area contributed by atoms with Crippen LogP contribution in [0, 0.1) is 17.7 Å². The zero-order chi connectivity index (χ0) is 16.4. The molecule has 4 atom stereocenters. The van der Waals surface area contributed by atoms with Gasteiger partial charge in [-0.1, -0.05) is 23.8 Å². The third kappa shape index (κ3) is 1.88. The largest absolute Gasteiger partial charge is 0.469 e.